The first-order valence-corrected chi connectivity index (χ1v) is 8.09. The third kappa shape index (κ3) is 4.21. The molecule has 8 nitrogen and oxygen atoms in total. The van der Waals surface area contributed by atoms with Gasteiger partial charge < -0.3 is 19.5 Å². The zero-order chi connectivity index (χ0) is 17.6. The molecule has 1 aromatic heterocycles. The van der Waals surface area contributed by atoms with E-state index in [-0.39, 0.29) is 31.0 Å². The number of benzene rings is 1. The van der Waals surface area contributed by atoms with Crippen molar-refractivity contribution < 1.29 is 18.8 Å². The minimum absolute atomic E-state index is 0.0211. The number of likely N-dealkylation sites (tertiary alicyclic amines) is 1. The smallest absolute Gasteiger partial charge is 0.249 e. The largest absolute Gasteiger partial charge is 0.375 e. The van der Waals surface area contributed by atoms with Crippen molar-refractivity contribution in [2.75, 3.05) is 13.7 Å². The van der Waals surface area contributed by atoms with E-state index in [2.05, 4.69) is 15.5 Å². The second-order valence-electron chi connectivity index (χ2n) is 5.82. The molecule has 0 spiro atoms. The van der Waals surface area contributed by atoms with E-state index in [1.807, 2.05) is 30.3 Å². The second-order valence-corrected chi connectivity index (χ2v) is 5.82. The van der Waals surface area contributed by atoms with Crippen molar-refractivity contribution in [3.8, 4) is 0 Å². The van der Waals surface area contributed by atoms with Gasteiger partial charge in [0.2, 0.25) is 17.7 Å². The molecule has 0 radical (unpaired) electrons. The van der Waals surface area contributed by atoms with Gasteiger partial charge in [0.05, 0.1) is 6.54 Å². The van der Waals surface area contributed by atoms with Crippen LogP contribution in [0.2, 0.25) is 0 Å². The highest BCUT2D eigenvalue weighted by atomic mass is 16.5. The normalized spacial score (nSPS) is 17.1. The molecule has 132 valence electrons. The Hall–Kier alpha value is -2.74. The second kappa shape index (κ2) is 7.89. The average Bonchev–Trinajstić information content (AvgIpc) is 3.22. The van der Waals surface area contributed by atoms with Crippen LogP contribution in [0.15, 0.2) is 34.9 Å². The summed E-state index contributed by atoms with van der Waals surface area (Å²) in [6.07, 6.45) is 1.10. The van der Waals surface area contributed by atoms with Crippen LogP contribution in [0, 0.1) is 0 Å². The molecule has 1 fully saturated rings. The zero-order valence-corrected chi connectivity index (χ0v) is 14.0. The van der Waals surface area contributed by atoms with E-state index in [1.165, 1.54) is 7.11 Å². The first-order valence-electron chi connectivity index (χ1n) is 8.09. The first kappa shape index (κ1) is 17.1. The molecule has 0 saturated carbocycles. The third-order valence-electron chi connectivity index (χ3n) is 4.01. The van der Waals surface area contributed by atoms with Crippen LogP contribution in [0.25, 0.3) is 0 Å². The minimum atomic E-state index is -0.254. The summed E-state index contributed by atoms with van der Waals surface area (Å²) >= 11 is 0. The van der Waals surface area contributed by atoms with Gasteiger partial charge in [-0.2, -0.15) is 4.98 Å². The Labute approximate surface area is 145 Å². The van der Waals surface area contributed by atoms with Crippen LogP contribution in [-0.4, -0.2) is 40.6 Å². The highest BCUT2D eigenvalue weighted by molar-refractivity contribution is 5.79. The van der Waals surface area contributed by atoms with E-state index in [1.54, 1.807) is 4.90 Å². The van der Waals surface area contributed by atoms with Crippen LogP contribution in [0.5, 0.6) is 0 Å². The number of carbonyl (C=O) groups excluding carboxylic acids is 2. The van der Waals surface area contributed by atoms with Crippen molar-refractivity contribution in [1.82, 2.24) is 20.4 Å². The Morgan fingerprint density at radius 3 is 2.96 bits per heavy atom. The number of carbonyl (C=O) groups is 2. The molecule has 1 saturated heterocycles. The van der Waals surface area contributed by atoms with Crippen LogP contribution >= 0.6 is 0 Å². The lowest BCUT2D eigenvalue weighted by molar-refractivity contribution is -0.130. The van der Waals surface area contributed by atoms with Crippen molar-refractivity contribution in [2.24, 2.45) is 0 Å². The first-order chi connectivity index (χ1) is 12.2. The van der Waals surface area contributed by atoms with Crippen LogP contribution in [0.3, 0.4) is 0 Å². The van der Waals surface area contributed by atoms with Crippen molar-refractivity contribution in [3.05, 3.63) is 47.6 Å². The maximum absolute atomic E-state index is 12.2. The molecule has 2 aromatic rings. The Morgan fingerprint density at radius 1 is 1.40 bits per heavy atom. The van der Waals surface area contributed by atoms with Gasteiger partial charge in [-0.25, -0.2) is 0 Å². The van der Waals surface area contributed by atoms with Gasteiger partial charge in [0.25, 0.3) is 0 Å². The number of rotatable bonds is 7. The van der Waals surface area contributed by atoms with Gasteiger partial charge in [0.1, 0.15) is 12.6 Å². The number of aromatic nitrogens is 2. The number of hydrogen-bond donors (Lipinski definition) is 1. The van der Waals surface area contributed by atoms with Crippen molar-refractivity contribution in [2.45, 2.75) is 32.0 Å². The topological polar surface area (TPSA) is 97.6 Å². The van der Waals surface area contributed by atoms with Gasteiger partial charge >= 0.3 is 0 Å². The molecule has 1 atom stereocenters. The summed E-state index contributed by atoms with van der Waals surface area (Å²) in [6.45, 7) is 0.643. The van der Waals surface area contributed by atoms with Crippen molar-refractivity contribution >= 4 is 11.8 Å². The molecular weight excluding hydrogens is 324 g/mol. The van der Waals surface area contributed by atoms with Crippen LogP contribution in [-0.2, 0) is 27.4 Å². The minimum Gasteiger partial charge on any atom is -0.375 e. The van der Waals surface area contributed by atoms with E-state index < -0.39 is 0 Å². The Kier molecular flexibility index (Phi) is 5.39. The standard InChI is InChI=1S/C17H20N4O4/c1-24-11-15(22)18-9-14-19-17(25-20-14)13-7-8-16(23)21(13)10-12-5-3-2-4-6-12/h2-6,13H,7-11H2,1H3,(H,18,22)/t13-/m0/s1. The number of amides is 2. The van der Waals surface area contributed by atoms with Crippen LogP contribution in [0.1, 0.15) is 36.2 Å². The lowest BCUT2D eigenvalue weighted by Gasteiger charge is -2.22. The summed E-state index contributed by atoms with van der Waals surface area (Å²) in [5.41, 5.74) is 1.05. The molecule has 3 rings (SSSR count). The number of nitrogens with one attached hydrogen (secondary N) is 1. The number of nitrogens with zero attached hydrogens (tertiary/aromatic N) is 3. The number of ether oxygens (including phenoxy) is 1. The molecule has 0 unspecified atom stereocenters. The van der Waals surface area contributed by atoms with Crippen LogP contribution in [0.4, 0.5) is 0 Å². The molecule has 1 aliphatic heterocycles. The van der Waals surface area contributed by atoms with Crippen LogP contribution < -0.4 is 5.32 Å². The third-order valence-corrected chi connectivity index (χ3v) is 4.01. The van der Waals surface area contributed by atoms with E-state index >= 15 is 0 Å². The highest BCUT2D eigenvalue weighted by Gasteiger charge is 2.35. The Balaban J connectivity index is 1.66. The van der Waals surface area contributed by atoms with Gasteiger partial charge in [0, 0.05) is 20.1 Å². The van der Waals surface area contributed by atoms with E-state index in [0.717, 1.165) is 5.56 Å². The van der Waals surface area contributed by atoms with Gasteiger partial charge in [-0.05, 0) is 12.0 Å². The van der Waals surface area contributed by atoms with Gasteiger partial charge in [0.15, 0.2) is 5.82 Å². The van der Waals surface area contributed by atoms with Gasteiger partial charge in [-0.1, -0.05) is 35.5 Å². The van der Waals surface area contributed by atoms with E-state index in [4.69, 9.17) is 9.26 Å². The number of methoxy groups -OCH3 is 1. The molecule has 0 bridgehead atoms. The molecule has 1 aliphatic rings. The Morgan fingerprint density at radius 2 is 2.20 bits per heavy atom. The molecule has 1 N–H and O–H groups in total. The molecule has 2 amide bonds. The summed E-state index contributed by atoms with van der Waals surface area (Å²) in [7, 11) is 1.45. The fourth-order valence-electron chi connectivity index (χ4n) is 2.80. The lowest BCUT2D eigenvalue weighted by Crippen LogP contribution is -2.28. The molecular formula is C17H20N4O4. The lowest BCUT2D eigenvalue weighted by atomic mass is 10.2. The molecule has 1 aromatic carbocycles. The average molecular weight is 344 g/mol. The van der Waals surface area contributed by atoms with E-state index in [9.17, 15) is 9.59 Å². The predicted octanol–water partition coefficient (Wildman–Crippen LogP) is 1.20. The highest BCUT2D eigenvalue weighted by Crippen LogP contribution is 2.33. The summed E-state index contributed by atoms with van der Waals surface area (Å²) in [4.78, 5) is 29.7. The fourth-order valence-corrected chi connectivity index (χ4v) is 2.80. The fraction of sp³-hybridized carbons (Fsp3) is 0.412. The van der Waals surface area contributed by atoms with Gasteiger partial charge in [-0.15, -0.1) is 0 Å². The quantitative estimate of drug-likeness (QED) is 0.810. The molecule has 2 heterocycles. The molecule has 0 aliphatic carbocycles. The summed E-state index contributed by atoms with van der Waals surface area (Å²) in [5, 5.41) is 6.51. The van der Waals surface area contributed by atoms with Gasteiger partial charge in [-0.3, -0.25) is 9.59 Å². The van der Waals surface area contributed by atoms with Crippen molar-refractivity contribution in [3.63, 3.8) is 0 Å². The van der Waals surface area contributed by atoms with Crippen molar-refractivity contribution in [1.29, 1.82) is 0 Å². The summed E-state index contributed by atoms with van der Waals surface area (Å²) in [6, 6.07) is 9.55. The van der Waals surface area contributed by atoms with E-state index in [0.29, 0.717) is 31.1 Å². The monoisotopic (exact) mass is 344 g/mol. The predicted molar refractivity (Wildman–Crippen MR) is 87.0 cm³/mol. The number of hydrogen-bond acceptors (Lipinski definition) is 6. The maximum atomic E-state index is 12.2. The summed E-state index contributed by atoms with van der Waals surface area (Å²) in [5.74, 6) is 0.592. The molecule has 25 heavy (non-hydrogen) atoms. The SMILES string of the molecule is COCC(=O)NCc1noc([C@@H]2CCC(=O)N2Cc2ccccc2)n1. The zero-order valence-electron chi connectivity index (χ0n) is 14.0. The Bertz CT molecular complexity index is 731. The molecule has 8 heteroatoms. The maximum Gasteiger partial charge on any atom is 0.249 e. The summed E-state index contributed by atoms with van der Waals surface area (Å²) < 4.78 is 10.1.